The third-order valence-corrected chi connectivity index (χ3v) is 6.73. The topological polar surface area (TPSA) is 50.3 Å². The molecule has 0 spiro atoms. The highest BCUT2D eigenvalue weighted by atomic mass is 16.5. The van der Waals surface area contributed by atoms with Crippen LogP contribution in [0.1, 0.15) is 36.8 Å². The zero-order valence-electron chi connectivity index (χ0n) is 18.7. The van der Waals surface area contributed by atoms with Crippen LogP contribution in [0.25, 0.3) is 11.1 Å². The first kappa shape index (κ1) is 21.0. The van der Waals surface area contributed by atoms with Crippen LogP contribution in [0.2, 0.25) is 0 Å². The van der Waals surface area contributed by atoms with E-state index in [-0.39, 0.29) is 0 Å². The molecule has 5 nitrogen and oxygen atoms in total. The molecule has 1 aromatic heterocycles. The number of fused-ring (bicyclic) bond motifs is 1. The zero-order chi connectivity index (χ0) is 21.6. The van der Waals surface area contributed by atoms with E-state index in [1.54, 1.807) is 0 Å². The lowest BCUT2D eigenvalue weighted by Gasteiger charge is -2.32. The molecular weight excluding hydrogens is 396 g/mol. The van der Waals surface area contributed by atoms with Gasteiger partial charge in [0.15, 0.2) is 0 Å². The third-order valence-electron chi connectivity index (χ3n) is 6.73. The van der Waals surface area contributed by atoms with Crippen molar-refractivity contribution in [3.05, 3.63) is 72.1 Å². The number of ether oxygens (including phenoxy) is 1. The van der Waals surface area contributed by atoms with Crippen LogP contribution < -0.4 is 15.0 Å². The Kier molecular flexibility index (Phi) is 6.63. The fourth-order valence-electron chi connectivity index (χ4n) is 4.79. The molecule has 5 heteroatoms. The Morgan fingerprint density at radius 3 is 2.56 bits per heavy atom. The molecule has 0 radical (unpaired) electrons. The lowest BCUT2D eigenvalue weighted by Crippen LogP contribution is -2.34. The quantitative estimate of drug-likeness (QED) is 0.545. The van der Waals surface area contributed by atoms with Gasteiger partial charge in [-0.1, -0.05) is 36.4 Å². The number of hydrogen-bond acceptors (Lipinski definition) is 5. The van der Waals surface area contributed by atoms with E-state index in [0.717, 1.165) is 74.4 Å². The van der Waals surface area contributed by atoms with Crippen LogP contribution in [0.5, 0.6) is 5.75 Å². The van der Waals surface area contributed by atoms with Gasteiger partial charge in [-0.25, -0.2) is 9.97 Å². The fourth-order valence-corrected chi connectivity index (χ4v) is 4.79. The molecule has 5 rings (SSSR count). The highest BCUT2D eigenvalue weighted by molar-refractivity contribution is 5.61. The molecule has 0 saturated carbocycles. The minimum absolute atomic E-state index is 0.771. The maximum absolute atomic E-state index is 6.05. The van der Waals surface area contributed by atoms with Crippen LogP contribution in [0.3, 0.4) is 0 Å². The molecule has 2 aliphatic heterocycles. The van der Waals surface area contributed by atoms with Gasteiger partial charge >= 0.3 is 0 Å². The van der Waals surface area contributed by atoms with Crippen molar-refractivity contribution in [1.82, 2.24) is 15.3 Å². The molecule has 0 aliphatic carbocycles. The van der Waals surface area contributed by atoms with Crippen LogP contribution in [0, 0.1) is 5.92 Å². The van der Waals surface area contributed by atoms with E-state index in [4.69, 9.17) is 4.74 Å². The van der Waals surface area contributed by atoms with E-state index < -0.39 is 0 Å². The molecule has 0 amide bonds. The Morgan fingerprint density at radius 2 is 1.75 bits per heavy atom. The number of rotatable bonds is 7. The van der Waals surface area contributed by atoms with Crippen LogP contribution in [-0.4, -0.2) is 36.2 Å². The number of hydrogen-bond donors (Lipinski definition) is 1. The van der Waals surface area contributed by atoms with E-state index in [9.17, 15) is 0 Å². The highest BCUT2D eigenvalue weighted by Gasteiger charge is 2.21. The van der Waals surface area contributed by atoms with Crippen LogP contribution >= 0.6 is 0 Å². The molecule has 166 valence electrons. The molecule has 1 saturated heterocycles. The summed E-state index contributed by atoms with van der Waals surface area (Å²) in [4.78, 5) is 11.6. The number of nitrogens with one attached hydrogen (secondary N) is 1. The van der Waals surface area contributed by atoms with Gasteiger partial charge in [0.1, 0.15) is 5.75 Å². The van der Waals surface area contributed by atoms with Crippen molar-refractivity contribution in [2.45, 2.75) is 38.6 Å². The van der Waals surface area contributed by atoms with Crippen molar-refractivity contribution in [3.63, 3.8) is 0 Å². The van der Waals surface area contributed by atoms with Crippen LogP contribution in [-0.2, 0) is 13.0 Å². The molecule has 2 aromatic carbocycles. The molecule has 1 fully saturated rings. The lowest BCUT2D eigenvalue weighted by molar-refractivity contribution is 0.278. The maximum atomic E-state index is 6.05. The fraction of sp³-hybridized carbons (Fsp3) is 0.407. The van der Waals surface area contributed by atoms with Gasteiger partial charge in [-0.3, -0.25) is 0 Å². The third kappa shape index (κ3) is 5.10. The Morgan fingerprint density at radius 1 is 0.938 bits per heavy atom. The van der Waals surface area contributed by atoms with E-state index in [2.05, 4.69) is 50.5 Å². The van der Waals surface area contributed by atoms with Crippen molar-refractivity contribution in [3.8, 4) is 16.9 Å². The first-order valence-electron chi connectivity index (χ1n) is 11.9. The molecular formula is C27H32N4O. The van der Waals surface area contributed by atoms with Crippen LogP contribution in [0.4, 0.5) is 5.95 Å². The molecule has 2 aliphatic rings. The van der Waals surface area contributed by atoms with Crippen molar-refractivity contribution in [2.75, 3.05) is 31.1 Å². The van der Waals surface area contributed by atoms with Gasteiger partial charge in [0.05, 0.1) is 6.61 Å². The summed E-state index contributed by atoms with van der Waals surface area (Å²) in [5.41, 5.74) is 5.08. The summed E-state index contributed by atoms with van der Waals surface area (Å²) in [7, 11) is 0. The van der Waals surface area contributed by atoms with Crippen LogP contribution in [0.15, 0.2) is 60.9 Å². The second-order valence-corrected chi connectivity index (χ2v) is 8.92. The molecule has 1 N–H and O–H groups in total. The van der Waals surface area contributed by atoms with Gasteiger partial charge in [-0.2, -0.15) is 0 Å². The van der Waals surface area contributed by atoms with Gasteiger partial charge < -0.3 is 15.0 Å². The standard InChI is InChI=1S/C27H32N4O/c1-2-6-22(7-3-1)25-19-29-27(30-20-25)31-14-11-21(12-15-31)5-4-16-32-26-9-8-24-18-28-13-10-23(24)17-26/h1-3,6-9,17,19-21,28H,4-5,10-16,18H2. The van der Waals surface area contributed by atoms with E-state index >= 15 is 0 Å². The molecule has 32 heavy (non-hydrogen) atoms. The summed E-state index contributed by atoms with van der Waals surface area (Å²) in [6, 6.07) is 16.9. The summed E-state index contributed by atoms with van der Waals surface area (Å²) < 4.78 is 6.05. The predicted molar refractivity (Wildman–Crippen MR) is 129 cm³/mol. The SMILES string of the molecule is c1ccc(-c2cnc(N3CCC(CCCOc4ccc5c(c4)CCNC5)CC3)nc2)cc1. The minimum atomic E-state index is 0.771. The molecule has 0 unspecified atom stereocenters. The van der Waals surface area contributed by atoms with Gasteiger partial charge in [0.25, 0.3) is 0 Å². The van der Waals surface area contributed by atoms with Gasteiger partial charge in [0, 0.05) is 37.6 Å². The second kappa shape index (κ2) is 10.1. The average molecular weight is 429 g/mol. The largest absolute Gasteiger partial charge is 0.494 e. The molecule has 0 atom stereocenters. The van der Waals surface area contributed by atoms with Gasteiger partial charge in [-0.05, 0) is 73.4 Å². The summed E-state index contributed by atoms with van der Waals surface area (Å²) >= 11 is 0. The maximum Gasteiger partial charge on any atom is 0.225 e. The Balaban J connectivity index is 1.04. The average Bonchev–Trinajstić information content (AvgIpc) is 2.87. The van der Waals surface area contributed by atoms with Crippen molar-refractivity contribution in [1.29, 1.82) is 0 Å². The van der Waals surface area contributed by atoms with Crippen molar-refractivity contribution < 1.29 is 4.74 Å². The Hall–Kier alpha value is -2.92. The van der Waals surface area contributed by atoms with Crippen molar-refractivity contribution >= 4 is 5.95 Å². The Bertz CT molecular complexity index is 998. The molecule has 0 bridgehead atoms. The van der Waals surface area contributed by atoms with Crippen molar-refractivity contribution in [2.24, 2.45) is 5.92 Å². The first-order valence-corrected chi connectivity index (χ1v) is 11.9. The lowest BCUT2D eigenvalue weighted by atomic mass is 9.92. The summed E-state index contributed by atoms with van der Waals surface area (Å²) in [6.45, 7) is 4.93. The zero-order valence-corrected chi connectivity index (χ0v) is 18.7. The summed E-state index contributed by atoms with van der Waals surface area (Å²) in [5, 5.41) is 3.42. The monoisotopic (exact) mass is 428 g/mol. The first-order chi connectivity index (χ1) is 15.8. The van der Waals surface area contributed by atoms with E-state index in [0.29, 0.717) is 0 Å². The van der Waals surface area contributed by atoms with E-state index in [1.165, 1.54) is 30.4 Å². The second-order valence-electron chi connectivity index (χ2n) is 8.92. The molecule has 3 heterocycles. The number of nitrogens with zero attached hydrogens (tertiary/aromatic N) is 3. The minimum Gasteiger partial charge on any atom is -0.494 e. The number of benzene rings is 2. The smallest absolute Gasteiger partial charge is 0.225 e. The highest BCUT2D eigenvalue weighted by Crippen LogP contribution is 2.26. The molecule has 3 aromatic rings. The Labute approximate surface area is 190 Å². The summed E-state index contributed by atoms with van der Waals surface area (Å²) in [6.07, 6.45) is 9.74. The summed E-state index contributed by atoms with van der Waals surface area (Å²) in [5.74, 6) is 2.65. The van der Waals surface area contributed by atoms with Gasteiger partial charge in [0.2, 0.25) is 5.95 Å². The van der Waals surface area contributed by atoms with E-state index in [1.807, 2.05) is 30.6 Å². The normalized spacial score (nSPS) is 16.6. The number of anilines is 1. The predicted octanol–water partition coefficient (Wildman–Crippen LogP) is 4.86. The number of aromatic nitrogens is 2. The number of piperidine rings is 1. The van der Waals surface area contributed by atoms with Gasteiger partial charge in [-0.15, -0.1) is 0 Å².